The molecule has 14 heavy (non-hydrogen) atoms. The van der Waals surface area contributed by atoms with Gasteiger partial charge in [-0.25, -0.2) is 0 Å². The number of rotatable bonds is 6. The Labute approximate surface area is 87.6 Å². The predicted octanol–water partition coefficient (Wildman–Crippen LogP) is 1.08. The molecule has 1 rings (SSSR count). The molecule has 3 heteroatoms. The van der Waals surface area contributed by atoms with Crippen molar-refractivity contribution < 1.29 is 4.74 Å². The van der Waals surface area contributed by atoms with Gasteiger partial charge in [-0.2, -0.15) is 0 Å². The molecule has 0 saturated carbocycles. The maximum atomic E-state index is 5.65. The van der Waals surface area contributed by atoms with Gasteiger partial charge in [0.2, 0.25) is 0 Å². The second-order valence-electron chi connectivity index (χ2n) is 4.07. The van der Waals surface area contributed by atoms with Crippen LogP contribution in [0.15, 0.2) is 0 Å². The molecule has 1 fully saturated rings. The van der Waals surface area contributed by atoms with Crippen molar-refractivity contribution in [2.75, 3.05) is 39.4 Å². The van der Waals surface area contributed by atoms with Crippen molar-refractivity contribution in [3.8, 4) is 0 Å². The lowest BCUT2D eigenvalue weighted by Gasteiger charge is -2.31. The molecule has 0 unspecified atom stereocenters. The quantitative estimate of drug-likeness (QED) is 0.652. The van der Waals surface area contributed by atoms with E-state index in [4.69, 9.17) is 10.5 Å². The number of ether oxygens (including phenoxy) is 1. The summed E-state index contributed by atoms with van der Waals surface area (Å²) in [5, 5.41) is 0. The van der Waals surface area contributed by atoms with Crippen molar-refractivity contribution >= 4 is 0 Å². The van der Waals surface area contributed by atoms with Crippen LogP contribution in [0.25, 0.3) is 0 Å². The van der Waals surface area contributed by atoms with E-state index in [9.17, 15) is 0 Å². The first-order valence-electron chi connectivity index (χ1n) is 5.87. The molecule has 1 saturated heterocycles. The first-order chi connectivity index (χ1) is 6.86. The summed E-state index contributed by atoms with van der Waals surface area (Å²) in [5.41, 5.74) is 5.65. The predicted molar refractivity (Wildman–Crippen MR) is 59.3 cm³/mol. The summed E-state index contributed by atoms with van der Waals surface area (Å²) in [7, 11) is 0. The lowest BCUT2D eigenvalue weighted by Crippen LogP contribution is -2.36. The Bertz CT molecular complexity index is 133. The molecule has 0 atom stereocenters. The van der Waals surface area contributed by atoms with Crippen LogP contribution in [0.3, 0.4) is 0 Å². The van der Waals surface area contributed by atoms with Crippen LogP contribution in [0.2, 0.25) is 0 Å². The van der Waals surface area contributed by atoms with Crippen molar-refractivity contribution in [1.82, 2.24) is 4.90 Å². The van der Waals surface area contributed by atoms with Crippen molar-refractivity contribution in [1.29, 1.82) is 0 Å². The van der Waals surface area contributed by atoms with E-state index in [0.29, 0.717) is 0 Å². The van der Waals surface area contributed by atoms with Crippen molar-refractivity contribution in [2.45, 2.75) is 26.2 Å². The average molecular weight is 200 g/mol. The Balaban J connectivity index is 1.98. The molecule has 0 radical (unpaired) electrons. The van der Waals surface area contributed by atoms with Gasteiger partial charge in [0, 0.05) is 19.8 Å². The number of nitrogens with two attached hydrogens (primary N) is 1. The summed E-state index contributed by atoms with van der Waals surface area (Å²) in [5.74, 6) is 0.776. The minimum atomic E-state index is 0.776. The Morgan fingerprint density at radius 2 is 2.07 bits per heavy atom. The van der Waals surface area contributed by atoms with E-state index in [1.807, 2.05) is 6.92 Å². The molecule has 2 N–H and O–H groups in total. The second kappa shape index (κ2) is 7.21. The Morgan fingerprint density at radius 1 is 1.36 bits per heavy atom. The van der Waals surface area contributed by atoms with Crippen LogP contribution in [0.4, 0.5) is 0 Å². The Morgan fingerprint density at radius 3 is 2.64 bits per heavy atom. The highest BCUT2D eigenvalue weighted by atomic mass is 16.5. The van der Waals surface area contributed by atoms with Gasteiger partial charge in [0.15, 0.2) is 0 Å². The minimum absolute atomic E-state index is 0.776. The highest BCUT2D eigenvalue weighted by molar-refractivity contribution is 4.72. The van der Waals surface area contributed by atoms with Gasteiger partial charge in [0.1, 0.15) is 0 Å². The van der Waals surface area contributed by atoms with Crippen molar-refractivity contribution in [2.24, 2.45) is 11.7 Å². The van der Waals surface area contributed by atoms with Crippen molar-refractivity contribution in [3.63, 3.8) is 0 Å². The summed E-state index contributed by atoms with van der Waals surface area (Å²) < 4.78 is 5.32. The van der Waals surface area contributed by atoms with Gasteiger partial charge >= 0.3 is 0 Å². The minimum Gasteiger partial charge on any atom is -0.382 e. The van der Waals surface area contributed by atoms with Gasteiger partial charge in [0.25, 0.3) is 0 Å². The van der Waals surface area contributed by atoms with Crippen LogP contribution < -0.4 is 5.73 Å². The van der Waals surface area contributed by atoms with E-state index in [1.54, 1.807) is 0 Å². The highest BCUT2D eigenvalue weighted by Crippen LogP contribution is 2.15. The summed E-state index contributed by atoms with van der Waals surface area (Å²) in [6.07, 6.45) is 3.73. The summed E-state index contributed by atoms with van der Waals surface area (Å²) in [4.78, 5) is 2.53. The average Bonchev–Trinajstić information content (AvgIpc) is 2.25. The molecule has 1 aliphatic rings. The van der Waals surface area contributed by atoms with Gasteiger partial charge < -0.3 is 15.4 Å². The van der Waals surface area contributed by atoms with Crippen molar-refractivity contribution in [3.05, 3.63) is 0 Å². The third kappa shape index (κ3) is 4.40. The molecule has 0 amide bonds. The van der Waals surface area contributed by atoms with E-state index in [-0.39, 0.29) is 0 Å². The standard InChI is InChI=1S/C11H24N2O/c1-2-14-9-3-6-13-7-4-11(10-12)5-8-13/h11H,2-10,12H2,1H3. The lowest BCUT2D eigenvalue weighted by molar-refractivity contribution is 0.121. The van der Waals surface area contributed by atoms with Gasteiger partial charge in [-0.1, -0.05) is 0 Å². The Hall–Kier alpha value is -0.120. The molecular weight excluding hydrogens is 176 g/mol. The van der Waals surface area contributed by atoms with E-state index in [2.05, 4.69) is 4.90 Å². The molecule has 84 valence electrons. The third-order valence-electron chi connectivity index (χ3n) is 3.01. The number of hydrogen-bond donors (Lipinski definition) is 1. The highest BCUT2D eigenvalue weighted by Gasteiger charge is 2.16. The van der Waals surface area contributed by atoms with Crippen LogP contribution >= 0.6 is 0 Å². The van der Waals surface area contributed by atoms with Gasteiger partial charge in [-0.15, -0.1) is 0 Å². The largest absolute Gasteiger partial charge is 0.382 e. The first kappa shape index (κ1) is 12.0. The molecular formula is C11H24N2O. The maximum absolute atomic E-state index is 5.65. The van der Waals surface area contributed by atoms with Crippen LogP contribution in [-0.2, 0) is 4.74 Å². The van der Waals surface area contributed by atoms with Crippen LogP contribution in [0, 0.1) is 5.92 Å². The van der Waals surface area contributed by atoms with Gasteiger partial charge in [0.05, 0.1) is 0 Å². The second-order valence-corrected chi connectivity index (χ2v) is 4.07. The number of hydrogen-bond acceptors (Lipinski definition) is 3. The maximum Gasteiger partial charge on any atom is 0.0478 e. The zero-order valence-electron chi connectivity index (χ0n) is 9.37. The molecule has 0 spiro atoms. The van der Waals surface area contributed by atoms with E-state index in [0.717, 1.165) is 25.7 Å². The molecule has 3 nitrogen and oxygen atoms in total. The normalized spacial score (nSPS) is 20.1. The zero-order valence-corrected chi connectivity index (χ0v) is 9.37. The van der Waals surface area contributed by atoms with Crippen LogP contribution in [0.1, 0.15) is 26.2 Å². The summed E-state index contributed by atoms with van der Waals surface area (Å²) in [6, 6.07) is 0. The fourth-order valence-electron chi connectivity index (χ4n) is 1.98. The lowest BCUT2D eigenvalue weighted by atomic mass is 9.97. The smallest absolute Gasteiger partial charge is 0.0478 e. The molecule has 0 aromatic rings. The van der Waals surface area contributed by atoms with E-state index < -0.39 is 0 Å². The zero-order chi connectivity index (χ0) is 10.2. The number of piperidine rings is 1. The molecule has 0 aromatic heterocycles. The molecule has 0 bridgehead atoms. The molecule has 1 heterocycles. The van der Waals surface area contributed by atoms with Crippen LogP contribution in [-0.4, -0.2) is 44.3 Å². The summed E-state index contributed by atoms with van der Waals surface area (Å²) >= 11 is 0. The fourth-order valence-corrected chi connectivity index (χ4v) is 1.98. The molecule has 0 aromatic carbocycles. The van der Waals surface area contributed by atoms with Crippen LogP contribution in [0.5, 0.6) is 0 Å². The first-order valence-corrected chi connectivity index (χ1v) is 5.87. The molecule has 0 aliphatic carbocycles. The van der Waals surface area contributed by atoms with Gasteiger partial charge in [-0.3, -0.25) is 0 Å². The number of likely N-dealkylation sites (tertiary alicyclic amines) is 1. The SMILES string of the molecule is CCOCCCN1CCC(CN)CC1. The topological polar surface area (TPSA) is 38.5 Å². The Kier molecular flexibility index (Phi) is 6.15. The van der Waals surface area contributed by atoms with Gasteiger partial charge in [-0.05, 0) is 51.7 Å². The monoisotopic (exact) mass is 200 g/mol. The summed E-state index contributed by atoms with van der Waals surface area (Å²) in [6.45, 7) is 8.32. The fraction of sp³-hybridized carbons (Fsp3) is 1.00. The van der Waals surface area contributed by atoms with E-state index in [1.165, 1.54) is 38.9 Å². The molecule has 1 aliphatic heterocycles. The third-order valence-corrected chi connectivity index (χ3v) is 3.01. The number of nitrogens with zero attached hydrogens (tertiary/aromatic N) is 1. The van der Waals surface area contributed by atoms with E-state index >= 15 is 0 Å².